The highest BCUT2D eigenvalue weighted by atomic mass is 16.3. The van der Waals surface area contributed by atoms with E-state index in [9.17, 15) is 5.11 Å². The largest absolute Gasteiger partial charge is 0.388 e. The molecular weight excluding hydrogens is 208 g/mol. The van der Waals surface area contributed by atoms with Gasteiger partial charge in [-0.15, -0.1) is 0 Å². The van der Waals surface area contributed by atoms with E-state index in [1.54, 1.807) is 0 Å². The van der Waals surface area contributed by atoms with E-state index in [-0.39, 0.29) is 6.10 Å². The Morgan fingerprint density at radius 1 is 1.00 bits per heavy atom. The first kappa shape index (κ1) is 11.9. The summed E-state index contributed by atoms with van der Waals surface area (Å²) in [5, 5.41) is 9.86. The quantitative estimate of drug-likeness (QED) is 0.835. The summed E-state index contributed by atoms with van der Waals surface area (Å²) in [5.41, 5.74) is 4.62. The van der Waals surface area contributed by atoms with E-state index in [2.05, 4.69) is 43.3 Å². The van der Waals surface area contributed by atoms with Crippen LogP contribution in [-0.2, 0) is 0 Å². The minimum Gasteiger partial charge on any atom is -0.388 e. The molecular formula is C16H18O. The highest BCUT2D eigenvalue weighted by Crippen LogP contribution is 2.25. The molecule has 88 valence electrons. The molecule has 0 aliphatic rings. The summed E-state index contributed by atoms with van der Waals surface area (Å²) in [6, 6.07) is 16.6. The fourth-order valence-electron chi connectivity index (χ4n) is 1.99. The summed E-state index contributed by atoms with van der Waals surface area (Å²) in [6.07, 6.45) is 0.386. The van der Waals surface area contributed by atoms with Gasteiger partial charge in [-0.3, -0.25) is 0 Å². The Morgan fingerprint density at radius 3 is 2.29 bits per heavy atom. The molecule has 1 nitrogen and oxygen atoms in total. The van der Waals surface area contributed by atoms with Gasteiger partial charge in [0.05, 0.1) is 6.10 Å². The van der Waals surface area contributed by atoms with Crippen LogP contribution in [0.1, 0.15) is 30.6 Å². The lowest BCUT2D eigenvalue weighted by molar-refractivity contribution is 0.174. The summed E-state index contributed by atoms with van der Waals surface area (Å²) in [7, 11) is 0. The van der Waals surface area contributed by atoms with Gasteiger partial charge in [0.2, 0.25) is 0 Å². The average molecular weight is 226 g/mol. The smallest absolute Gasteiger partial charge is 0.0787 e. The van der Waals surface area contributed by atoms with Gasteiger partial charge in [0.1, 0.15) is 0 Å². The van der Waals surface area contributed by atoms with Crippen molar-refractivity contribution in [3.63, 3.8) is 0 Å². The zero-order valence-electron chi connectivity index (χ0n) is 10.4. The van der Waals surface area contributed by atoms with Crippen LogP contribution in [0.2, 0.25) is 0 Å². The van der Waals surface area contributed by atoms with E-state index < -0.39 is 0 Å². The SMILES string of the molecule is CC[C@H](O)c1cccc(-c2cccc(C)c2)c1. The second-order valence-electron chi connectivity index (χ2n) is 4.42. The number of rotatable bonds is 3. The molecule has 17 heavy (non-hydrogen) atoms. The van der Waals surface area contributed by atoms with Crippen LogP contribution in [0.3, 0.4) is 0 Å². The number of benzene rings is 2. The first-order valence-corrected chi connectivity index (χ1v) is 6.05. The fourth-order valence-corrected chi connectivity index (χ4v) is 1.99. The van der Waals surface area contributed by atoms with E-state index in [4.69, 9.17) is 0 Å². The van der Waals surface area contributed by atoms with Gasteiger partial charge in [0.15, 0.2) is 0 Å². The maximum atomic E-state index is 9.86. The first-order valence-electron chi connectivity index (χ1n) is 6.05. The molecule has 0 saturated carbocycles. The van der Waals surface area contributed by atoms with E-state index in [1.807, 2.05) is 19.1 Å². The fraction of sp³-hybridized carbons (Fsp3) is 0.250. The minimum atomic E-state index is -0.361. The molecule has 0 aromatic heterocycles. The van der Waals surface area contributed by atoms with Crippen molar-refractivity contribution in [3.8, 4) is 11.1 Å². The summed E-state index contributed by atoms with van der Waals surface area (Å²) < 4.78 is 0. The zero-order valence-corrected chi connectivity index (χ0v) is 10.4. The minimum absolute atomic E-state index is 0.361. The number of hydrogen-bond donors (Lipinski definition) is 1. The zero-order chi connectivity index (χ0) is 12.3. The highest BCUT2D eigenvalue weighted by molar-refractivity contribution is 5.64. The van der Waals surface area contributed by atoms with Gasteiger partial charge in [-0.25, -0.2) is 0 Å². The van der Waals surface area contributed by atoms with Crippen LogP contribution in [0.5, 0.6) is 0 Å². The van der Waals surface area contributed by atoms with E-state index in [0.717, 1.165) is 12.0 Å². The number of aliphatic hydroxyl groups excluding tert-OH is 1. The third kappa shape index (κ3) is 2.75. The van der Waals surface area contributed by atoms with Crippen molar-refractivity contribution in [1.29, 1.82) is 0 Å². The highest BCUT2D eigenvalue weighted by Gasteiger charge is 2.06. The molecule has 1 atom stereocenters. The topological polar surface area (TPSA) is 20.2 Å². The van der Waals surface area contributed by atoms with E-state index in [1.165, 1.54) is 16.7 Å². The monoisotopic (exact) mass is 226 g/mol. The molecule has 1 N–H and O–H groups in total. The van der Waals surface area contributed by atoms with Gasteiger partial charge in [-0.05, 0) is 36.1 Å². The van der Waals surface area contributed by atoms with Crippen LogP contribution < -0.4 is 0 Å². The molecule has 0 bridgehead atoms. The third-order valence-electron chi connectivity index (χ3n) is 3.01. The van der Waals surface area contributed by atoms with Crippen LogP contribution in [0.25, 0.3) is 11.1 Å². The van der Waals surface area contributed by atoms with Crippen molar-refractivity contribution in [2.75, 3.05) is 0 Å². The molecule has 0 radical (unpaired) electrons. The maximum absolute atomic E-state index is 9.86. The number of aliphatic hydroxyl groups is 1. The van der Waals surface area contributed by atoms with Crippen LogP contribution in [0.15, 0.2) is 48.5 Å². The summed E-state index contributed by atoms with van der Waals surface area (Å²) >= 11 is 0. The van der Waals surface area contributed by atoms with Crippen molar-refractivity contribution < 1.29 is 5.11 Å². The summed E-state index contributed by atoms with van der Waals surface area (Å²) in [6.45, 7) is 4.08. The third-order valence-corrected chi connectivity index (χ3v) is 3.01. The predicted molar refractivity (Wildman–Crippen MR) is 71.9 cm³/mol. The molecule has 0 heterocycles. The van der Waals surface area contributed by atoms with Crippen LogP contribution in [0, 0.1) is 6.92 Å². The average Bonchev–Trinajstić information content (AvgIpc) is 2.38. The van der Waals surface area contributed by atoms with Crippen LogP contribution in [-0.4, -0.2) is 5.11 Å². The van der Waals surface area contributed by atoms with Crippen molar-refractivity contribution in [2.45, 2.75) is 26.4 Å². The van der Waals surface area contributed by atoms with Crippen molar-refractivity contribution >= 4 is 0 Å². The predicted octanol–water partition coefficient (Wildman–Crippen LogP) is 4.11. The number of hydrogen-bond acceptors (Lipinski definition) is 1. The molecule has 2 aromatic carbocycles. The van der Waals surface area contributed by atoms with Gasteiger partial charge >= 0.3 is 0 Å². The normalized spacial score (nSPS) is 12.4. The Balaban J connectivity index is 2.39. The van der Waals surface area contributed by atoms with Gasteiger partial charge < -0.3 is 5.11 Å². The lowest BCUT2D eigenvalue weighted by atomic mass is 9.99. The maximum Gasteiger partial charge on any atom is 0.0787 e. The molecule has 0 unspecified atom stereocenters. The lowest BCUT2D eigenvalue weighted by Gasteiger charge is -2.10. The Kier molecular flexibility index (Phi) is 3.60. The molecule has 2 aromatic rings. The standard InChI is InChI=1S/C16H18O/c1-3-16(17)15-9-5-8-14(11-15)13-7-4-6-12(2)10-13/h4-11,16-17H,3H2,1-2H3/t16-/m0/s1. The lowest BCUT2D eigenvalue weighted by Crippen LogP contribution is -1.94. The Labute approximate surface area is 103 Å². The molecule has 0 aliphatic carbocycles. The molecule has 2 rings (SSSR count). The van der Waals surface area contributed by atoms with Crippen molar-refractivity contribution in [2.24, 2.45) is 0 Å². The first-order chi connectivity index (χ1) is 8.20. The van der Waals surface area contributed by atoms with Crippen molar-refractivity contribution in [3.05, 3.63) is 59.7 Å². The van der Waals surface area contributed by atoms with Gasteiger partial charge in [0.25, 0.3) is 0 Å². The second kappa shape index (κ2) is 5.15. The molecule has 0 spiro atoms. The molecule has 1 heteroatoms. The van der Waals surface area contributed by atoms with E-state index >= 15 is 0 Å². The van der Waals surface area contributed by atoms with E-state index in [0.29, 0.717) is 0 Å². The summed E-state index contributed by atoms with van der Waals surface area (Å²) in [4.78, 5) is 0. The van der Waals surface area contributed by atoms with Gasteiger partial charge in [-0.2, -0.15) is 0 Å². The van der Waals surface area contributed by atoms with Crippen LogP contribution >= 0.6 is 0 Å². The van der Waals surface area contributed by atoms with Gasteiger partial charge in [0, 0.05) is 0 Å². The number of aryl methyl sites for hydroxylation is 1. The Morgan fingerprint density at radius 2 is 1.65 bits per heavy atom. The molecule has 0 amide bonds. The van der Waals surface area contributed by atoms with Gasteiger partial charge in [-0.1, -0.05) is 55.0 Å². The second-order valence-corrected chi connectivity index (χ2v) is 4.42. The molecule has 0 fully saturated rings. The Hall–Kier alpha value is -1.60. The Bertz CT molecular complexity index is 502. The molecule has 0 saturated heterocycles. The van der Waals surface area contributed by atoms with Crippen molar-refractivity contribution in [1.82, 2.24) is 0 Å². The summed E-state index contributed by atoms with van der Waals surface area (Å²) in [5.74, 6) is 0. The molecule has 0 aliphatic heterocycles. The van der Waals surface area contributed by atoms with Crippen LogP contribution in [0.4, 0.5) is 0 Å².